The highest BCUT2D eigenvalue weighted by Gasteiger charge is 2.44. The van der Waals surface area contributed by atoms with Gasteiger partial charge in [0.15, 0.2) is 0 Å². The first-order chi connectivity index (χ1) is 13.2. The van der Waals surface area contributed by atoms with E-state index < -0.39 is 48.5 Å². The van der Waals surface area contributed by atoms with Crippen LogP contribution in [0.2, 0.25) is 0 Å². The van der Waals surface area contributed by atoms with Crippen LogP contribution in [-0.2, 0) is 36.3 Å². The highest BCUT2D eigenvalue weighted by Crippen LogP contribution is 2.66. The van der Waals surface area contributed by atoms with Crippen LogP contribution in [0.3, 0.4) is 0 Å². The first kappa shape index (κ1) is 24.4. The second kappa shape index (κ2) is 9.06. The van der Waals surface area contributed by atoms with E-state index in [1.54, 1.807) is 11.1 Å². The van der Waals surface area contributed by atoms with Gasteiger partial charge in [0.05, 0.1) is 12.7 Å². The summed E-state index contributed by atoms with van der Waals surface area (Å²) in [6.45, 7) is 3.10. The molecule has 5 atom stereocenters. The summed E-state index contributed by atoms with van der Waals surface area (Å²) in [5.74, 6) is 0.537. The molecular weight excluding hydrogens is 459 g/mol. The Morgan fingerprint density at radius 2 is 1.93 bits per heavy atom. The number of aliphatic imine (C=N–C) groups is 1. The lowest BCUT2D eigenvalue weighted by molar-refractivity contribution is -0.0611. The predicted molar refractivity (Wildman–Crippen MR) is 95.6 cm³/mol. The molecule has 0 spiro atoms. The van der Waals surface area contributed by atoms with Crippen LogP contribution in [-0.4, -0.2) is 62.5 Å². The highest BCUT2D eigenvalue weighted by atomic mass is 31.3. The third-order valence-electron chi connectivity index (χ3n) is 3.57. The summed E-state index contributed by atoms with van der Waals surface area (Å²) in [6.07, 6.45) is 1.21. The van der Waals surface area contributed by atoms with Crippen LogP contribution in [0, 0.1) is 0 Å². The maximum Gasteiger partial charge on any atom is 0.490 e. The summed E-state index contributed by atoms with van der Waals surface area (Å²) in [4.78, 5) is 41.2. The molecule has 0 bridgehead atoms. The lowest BCUT2D eigenvalue weighted by Crippen LogP contribution is -2.33. The molecule has 2 rings (SSSR count). The zero-order valence-corrected chi connectivity index (χ0v) is 17.6. The average Bonchev–Trinajstić information content (AvgIpc) is 2.92. The van der Waals surface area contributed by atoms with E-state index in [4.69, 9.17) is 29.9 Å². The number of methoxy groups -OCH3 is 1. The van der Waals surface area contributed by atoms with Gasteiger partial charge < -0.3 is 39.7 Å². The van der Waals surface area contributed by atoms with E-state index in [9.17, 15) is 18.6 Å². The molecule has 0 aliphatic carbocycles. The van der Waals surface area contributed by atoms with Gasteiger partial charge in [-0.1, -0.05) is 6.58 Å². The number of nitrogens with two attached hydrogens (primary N) is 1. The number of hydrogen-bond donors (Lipinski definition) is 5. The number of hydrogen-bond acceptors (Lipinski definition) is 11. The quantitative estimate of drug-likeness (QED) is 0.277. The number of nitrogens with zero attached hydrogens (tertiary/aromatic N) is 2. The minimum absolute atomic E-state index is 0.247. The molecule has 6 N–H and O–H groups in total. The Morgan fingerprint density at radius 1 is 1.28 bits per heavy atom. The van der Waals surface area contributed by atoms with Gasteiger partial charge in [-0.3, -0.25) is 4.52 Å². The zero-order valence-electron chi connectivity index (χ0n) is 14.9. The molecule has 0 saturated carbocycles. The minimum atomic E-state index is -5.60. The Hall–Kier alpha value is -0.920. The molecule has 2 aliphatic rings. The smallest absolute Gasteiger partial charge is 0.384 e. The lowest BCUT2D eigenvalue weighted by Gasteiger charge is -2.28. The van der Waals surface area contributed by atoms with Crippen LogP contribution in [0.4, 0.5) is 0 Å². The molecule has 29 heavy (non-hydrogen) atoms. The normalized spacial score (nSPS) is 29.4. The highest BCUT2D eigenvalue weighted by molar-refractivity contribution is 7.66. The summed E-state index contributed by atoms with van der Waals surface area (Å²) >= 11 is 0. The van der Waals surface area contributed by atoms with Crippen molar-refractivity contribution in [3.8, 4) is 0 Å². The van der Waals surface area contributed by atoms with Crippen LogP contribution in [0.25, 0.3) is 0 Å². The van der Waals surface area contributed by atoms with Crippen molar-refractivity contribution in [2.24, 2.45) is 10.7 Å². The molecule has 0 amide bonds. The van der Waals surface area contributed by atoms with Gasteiger partial charge >= 0.3 is 23.5 Å². The van der Waals surface area contributed by atoms with Gasteiger partial charge in [0.25, 0.3) is 0 Å². The third-order valence-corrected chi connectivity index (χ3v) is 7.38. The van der Waals surface area contributed by atoms with Crippen molar-refractivity contribution >= 4 is 29.3 Å². The van der Waals surface area contributed by atoms with Crippen molar-refractivity contribution in [1.29, 1.82) is 0 Å². The van der Waals surface area contributed by atoms with Crippen molar-refractivity contribution in [3.05, 3.63) is 24.7 Å². The summed E-state index contributed by atoms with van der Waals surface area (Å²) < 4.78 is 56.6. The number of rotatable bonds is 9. The van der Waals surface area contributed by atoms with E-state index in [2.05, 4.69) is 24.7 Å². The molecule has 0 aromatic heterocycles. The van der Waals surface area contributed by atoms with Crippen molar-refractivity contribution in [2.45, 2.75) is 24.9 Å². The van der Waals surface area contributed by atoms with Gasteiger partial charge in [0, 0.05) is 19.7 Å². The number of amidine groups is 1. The first-order valence-electron chi connectivity index (χ1n) is 7.67. The van der Waals surface area contributed by atoms with Gasteiger partial charge in [0.2, 0.25) is 0 Å². The Balaban J connectivity index is 1.97. The van der Waals surface area contributed by atoms with Gasteiger partial charge in [-0.15, -0.1) is 0 Å². The van der Waals surface area contributed by atoms with Crippen LogP contribution < -0.4 is 5.73 Å². The van der Waals surface area contributed by atoms with E-state index in [0.717, 1.165) is 0 Å². The van der Waals surface area contributed by atoms with Crippen molar-refractivity contribution in [2.75, 3.05) is 13.7 Å². The predicted octanol–water partition coefficient (Wildman–Crippen LogP) is 0.117. The average molecular weight is 479 g/mol. The van der Waals surface area contributed by atoms with Gasteiger partial charge in [-0.25, -0.2) is 18.7 Å². The largest absolute Gasteiger partial charge is 0.490 e. The fourth-order valence-electron chi connectivity index (χ4n) is 2.49. The van der Waals surface area contributed by atoms with Crippen LogP contribution in [0.15, 0.2) is 29.7 Å². The van der Waals surface area contributed by atoms with E-state index >= 15 is 0 Å². The molecule has 0 aromatic carbocycles. The summed E-state index contributed by atoms with van der Waals surface area (Å²) in [7, 11) is -15.0. The van der Waals surface area contributed by atoms with Gasteiger partial charge in [-0.05, 0) is 6.08 Å². The lowest BCUT2D eigenvalue weighted by atomic mass is 10.2. The zero-order chi connectivity index (χ0) is 22.0. The first-order valence-corrected chi connectivity index (χ1v) is 12.2. The van der Waals surface area contributed by atoms with E-state index in [1.807, 2.05) is 0 Å². The Bertz CT molecular complexity index is 840. The number of phosphoric ester groups is 1. The Labute approximate surface area is 164 Å². The second-order valence-electron chi connectivity index (χ2n) is 5.70. The van der Waals surface area contributed by atoms with Crippen molar-refractivity contribution < 1.29 is 55.9 Å². The number of ether oxygens (including phenoxy) is 2. The maximum atomic E-state index is 11.8. The maximum absolute atomic E-state index is 11.8. The summed E-state index contributed by atoms with van der Waals surface area (Å²) in [5.41, 5.74) is 5.57. The van der Waals surface area contributed by atoms with Crippen LogP contribution in [0.5, 0.6) is 0 Å². The molecule has 3 unspecified atom stereocenters. The van der Waals surface area contributed by atoms with Crippen LogP contribution >= 0.6 is 23.5 Å². The van der Waals surface area contributed by atoms with E-state index in [0.29, 0.717) is 5.82 Å². The summed E-state index contributed by atoms with van der Waals surface area (Å²) in [5, 5.41) is 0. The molecule has 1 saturated heterocycles. The fourth-order valence-corrected chi connectivity index (χ4v) is 5.52. The van der Waals surface area contributed by atoms with E-state index in [-0.39, 0.29) is 12.3 Å². The Kier molecular flexibility index (Phi) is 7.61. The van der Waals surface area contributed by atoms with Crippen LogP contribution in [0.1, 0.15) is 6.42 Å². The molecule has 0 aromatic rings. The molecule has 1 fully saturated rings. The molecule has 0 radical (unpaired) electrons. The van der Waals surface area contributed by atoms with Crippen molar-refractivity contribution in [1.82, 2.24) is 4.90 Å². The topological polar surface area (TPSA) is 220 Å². The van der Waals surface area contributed by atoms with Gasteiger partial charge in [-0.2, -0.15) is 8.62 Å². The molecule has 18 heteroatoms. The third kappa shape index (κ3) is 7.37. The van der Waals surface area contributed by atoms with Gasteiger partial charge in [0.1, 0.15) is 24.0 Å². The fraction of sp³-hybridized carbons (Fsp3) is 0.545. The summed E-state index contributed by atoms with van der Waals surface area (Å²) in [6, 6.07) is 0. The second-order valence-corrected chi connectivity index (χ2v) is 10.1. The minimum Gasteiger partial charge on any atom is -0.384 e. The Morgan fingerprint density at radius 3 is 2.48 bits per heavy atom. The molecule has 166 valence electrons. The van der Waals surface area contributed by atoms with Crippen molar-refractivity contribution in [3.63, 3.8) is 0 Å². The monoisotopic (exact) mass is 479 g/mol. The SMILES string of the molecule is C=C1N=C(N)C=CN1[C@H]1CC(OC)[C@@H](COP(=O)(O)OP(=O)(O)OP(=O)(O)O)O1. The molecular formula is C11H20N3O12P3. The molecule has 15 nitrogen and oxygen atoms in total. The molecule has 2 heterocycles. The number of phosphoric acid groups is 3. The molecule has 2 aliphatic heterocycles. The van der Waals surface area contributed by atoms with E-state index in [1.165, 1.54) is 13.2 Å². The standard InChI is InChI=1S/C11H20N3O12P3/c1-7-13-10(12)3-4-14(7)11-5-8(22-2)9(24-11)6-23-28(18,19)26-29(20,21)25-27(15,16)17/h3-4,8-9,11H,1,5-6H2,2H3,(H2,12,13)(H,18,19)(H,20,21)(H2,15,16,17)/t8?,9-,11-/m1/s1.